The molecule has 3 heterocycles. The number of nitrogens with one attached hydrogen (secondary N) is 3. The third-order valence-corrected chi connectivity index (χ3v) is 10.5. The van der Waals surface area contributed by atoms with Crippen molar-refractivity contribution in [3.63, 3.8) is 0 Å². The lowest BCUT2D eigenvalue weighted by Gasteiger charge is -2.69. The number of aromatic nitrogens is 5. The smallest absolute Gasteiger partial charge is 0.407 e. The molecule has 280 valence electrons. The van der Waals surface area contributed by atoms with Gasteiger partial charge in [-0.2, -0.15) is 32.1 Å². The van der Waals surface area contributed by atoms with E-state index in [1.807, 2.05) is 20.8 Å². The quantitative estimate of drug-likeness (QED) is 0.146. The van der Waals surface area contributed by atoms with Crippen LogP contribution < -0.4 is 10.6 Å². The Labute approximate surface area is 305 Å². The highest BCUT2D eigenvalue weighted by molar-refractivity contribution is 6.32. The van der Waals surface area contributed by atoms with Crippen LogP contribution in [0.3, 0.4) is 0 Å². The third-order valence-electron chi connectivity index (χ3n) is 10.2. The Morgan fingerprint density at radius 2 is 1.77 bits per heavy atom. The van der Waals surface area contributed by atoms with E-state index in [4.69, 9.17) is 21.7 Å². The highest BCUT2D eigenvalue weighted by Gasteiger charge is 2.79. The van der Waals surface area contributed by atoms with Gasteiger partial charge in [0.05, 0.1) is 28.4 Å². The molecular formula is C35H35ClF5N9O3. The molecule has 4 aliphatic rings. The first-order valence-electron chi connectivity index (χ1n) is 16.6. The van der Waals surface area contributed by atoms with Crippen molar-refractivity contribution in [1.29, 1.82) is 5.41 Å². The number of carbonyl (C=O) groups is 2. The summed E-state index contributed by atoms with van der Waals surface area (Å²) >= 11 is 6.51. The minimum absolute atomic E-state index is 0.211. The minimum Gasteiger partial charge on any atom is -0.447 e. The third kappa shape index (κ3) is 6.38. The average Bonchev–Trinajstić information content (AvgIpc) is 3.80. The maximum atomic E-state index is 14.9. The Bertz CT molecular complexity index is 2040. The van der Waals surface area contributed by atoms with Gasteiger partial charge in [-0.25, -0.2) is 19.1 Å². The first kappa shape index (κ1) is 36.3. The minimum atomic E-state index is -4.36. The van der Waals surface area contributed by atoms with Crippen LogP contribution in [0.25, 0.3) is 16.8 Å². The van der Waals surface area contributed by atoms with Gasteiger partial charge in [-0.15, -0.1) is 0 Å². The molecule has 0 radical (unpaired) electrons. The van der Waals surface area contributed by atoms with Crippen LogP contribution in [0, 0.1) is 16.2 Å². The summed E-state index contributed by atoms with van der Waals surface area (Å²) in [5, 5.41) is 23.0. The van der Waals surface area contributed by atoms with E-state index in [9.17, 15) is 31.5 Å². The zero-order valence-corrected chi connectivity index (χ0v) is 29.5. The zero-order chi connectivity index (χ0) is 38.1. The molecule has 12 nitrogen and oxygen atoms in total. The van der Waals surface area contributed by atoms with Crippen molar-refractivity contribution in [1.82, 2.24) is 40.1 Å². The SMILES string of the molecule is CC(C)(C)C[C@]1(c2ccc(-c3cnn(C(F)F)c3)cc2)NC(=N)N([C@H](COC(=O)NC23CC(C(F)(F)F)(C2)C3)c2ccc(Cl)c(-n3cncn3)c2)C1=O. The predicted molar refractivity (Wildman–Crippen MR) is 181 cm³/mol. The van der Waals surface area contributed by atoms with Crippen LogP contribution >= 0.6 is 11.6 Å². The number of alkyl halides is 5. The average molecular weight is 760 g/mol. The molecule has 3 saturated carbocycles. The second kappa shape index (κ2) is 12.5. The summed E-state index contributed by atoms with van der Waals surface area (Å²) in [5.41, 5.74) is -2.44. The van der Waals surface area contributed by atoms with Gasteiger partial charge in [0.25, 0.3) is 5.91 Å². The van der Waals surface area contributed by atoms with E-state index in [2.05, 4.69) is 25.8 Å². The Morgan fingerprint density at radius 3 is 2.36 bits per heavy atom. The molecule has 1 saturated heterocycles. The molecule has 2 amide bonds. The van der Waals surface area contributed by atoms with Gasteiger partial charge in [-0.1, -0.05) is 62.7 Å². The topological polar surface area (TPSA) is 143 Å². The second-order valence-corrected chi connectivity index (χ2v) is 15.6. The van der Waals surface area contributed by atoms with Gasteiger partial charge in [0.1, 0.15) is 24.8 Å². The molecule has 2 aromatic heterocycles. The van der Waals surface area contributed by atoms with Crippen LogP contribution in [0.15, 0.2) is 67.5 Å². The van der Waals surface area contributed by atoms with E-state index < -0.39 is 59.3 Å². The lowest BCUT2D eigenvalue weighted by atomic mass is 9.39. The molecule has 2 bridgehead atoms. The van der Waals surface area contributed by atoms with Gasteiger partial charge >= 0.3 is 18.8 Å². The van der Waals surface area contributed by atoms with Crippen LogP contribution in [0.5, 0.6) is 0 Å². The fraction of sp³-hybridized carbons (Fsp3) is 0.429. The van der Waals surface area contributed by atoms with Crippen LogP contribution in [0.1, 0.15) is 70.2 Å². The lowest BCUT2D eigenvalue weighted by Crippen LogP contribution is -2.78. The molecule has 53 heavy (non-hydrogen) atoms. The number of benzene rings is 2. The monoisotopic (exact) mass is 759 g/mol. The highest BCUT2D eigenvalue weighted by atomic mass is 35.5. The summed E-state index contributed by atoms with van der Waals surface area (Å²) < 4.78 is 74.2. The Morgan fingerprint density at radius 1 is 1.08 bits per heavy atom. The van der Waals surface area contributed by atoms with Crippen LogP contribution in [-0.4, -0.2) is 65.7 Å². The Balaban J connectivity index is 1.21. The summed E-state index contributed by atoms with van der Waals surface area (Å²) in [5.74, 6) is -0.826. The van der Waals surface area contributed by atoms with Crippen LogP contribution in [0.4, 0.5) is 26.7 Å². The van der Waals surface area contributed by atoms with Crippen LogP contribution in [0.2, 0.25) is 5.02 Å². The fourth-order valence-electron chi connectivity index (χ4n) is 7.87. The molecule has 8 rings (SSSR count). The van der Waals surface area contributed by atoms with Gasteiger partial charge in [0, 0.05) is 17.3 Å². The van der Waals surface area contributed by atoms with Gasteiger partial charge in [0.2, 0.25) is 0 Å². The number of ether oxygens (including phenoxy) is 1. The van der Waals surface area contributed by atoms with E-state index >= 15 is 0 Å². The zero-order valence-electron chi connectivity index (χ0n) is 28.7. The molecule has 0 unspecified atom stereocenters. The first-order valence-corrected chi connectivity index (χ1v) is 17.0. The first-order chi connectivity index (χ1) is 24.8. The molecule has 2 atom stereocenters. The van der Waals surface area contributed by atoms with Gasteiger partial charge < -0.3 is 15.4 Å². The van der Waals surface area contributed by atoms with Crippen LogP contribution in [-0.2, 0) is 15.1 Å². The summed E-state index contributed by atoms with van der Waals surface area (Å²) in [6, 6.07) is 10.4. The number of halogens is 6. The van der Waals surface area contributed by atoms with Crippen molar-refractivity contribution >= 4 is 29.6 Å². The van der Waals surface area contributed by atoms with Gasteiger partial charge in [-0.3, -0.25) is 15.1 Å². The summed E-state index contributed by atoms with van der Waals surface area (Å²) in [4.78, 5) is 33.2. The number of hydrogen-bond donors (Lipinski definition) is 3. The predicted octanol–water partition coefficient (Wildman–Crippen LogP) is 7.13. The molecule has 18 heteroatoms. The molecule has 1 aliphatic heterocycles. The maximum Gasteiger partial charge on any atom is 0.407 e. The molecule has 2 aromatic carbocycles. The van der Waals surface area contributed by atoms with Crippen molar-refractivity contribution in [2.75, 3.05) is 6.61 Å². The van der Waals surface area contributed by atoms with E-state index in [-0.39, 0.29) is 31.6 Å². The molecular weight excluding hydrogens is 725 g/mol. The number of rotatable bonds is 10. The summed E-state index contributed by atoms with van der Waals surface area (Å²) in [6.07, 6.45) is -0.549. The number of alkyl carbamates (subject to hydrolysis) is 1. The molecule has 3 aliphatic carbocycles. The summed E-state index contributed by atoms with van der Waals surface area (Å²) in [7, 11) is 0. The van der Waals surface area contributed by atoms with E-state index in [0.29, 0.717) is 37.6 Å². The maximum absolute atomic E-state index is 14.9. The van der Waals surface area contributed by atoms with E-state index in [0.717, 1.165) is 0 Å². The van der Waals surface area contributed by atoms with Crippen molar-refractivity contribution in [3.8, 4) is 16.8 Å². The highest BCUT2D eigenvalue weighted by Crippen LogP contribution is 2.73. The number of carbonyl (C=O) groups excluding carboxylic acids is 2. The number of guanidine groups is 1. The Hall–Kier alpha value is -5.06. The number of hydrogen-bond acceptors (Lipinski definition) is 7. The number of nitrogens with zero attached hydrogens (tertiary/aromatic N) is 6. The summed E-state index contributed by atoms with van der Waals surface area (Å²) in [6.45, 7) is 2.53. The molecule has 4 fully saturated rings. The van der Waals surface area contributed by atoms with E-state index in [1.165, 1.54) is 34.6 Å². The fourth-order valence-corrected chi connectivity index (χ4v) is 8.07. The second-order valence-electron chi connectivity index (χ2n) is 15.2. The largest absolute Gasteiger partial charge is 0.447 e. The van der Waals surface area contributed by atoms with Crippen molar-refractivity contribution in [2.24, 2.45) is 10.8 Å². The molecule has 3 N–H and O–H groups in total. The lowest BCUT2D eigenvalue weighted by molar-refractivity contribution is -0.337. The molecule has 4 aromatic rings. The standard InChI is InChI=1S/C35H35ClF5N9O3/c1-31(2,3)14-34(23-7-4-20(5-8-23)22-11-44-48(12-22)28(37)38)27(51)50(29(42)46-34)26(21-6-9-24(36)25(10-21)49-19-43-18-45-49)13-53-30(52)47-33-15-32(16-33,17-33)35(39,40)41/h4-12,18-19,26,28H,13-17H2,1-3H3,(H2,42,46)(H,47,52)/t26-,32?,33?,34-/m1/s1. The van der Waals surface area contributed by atoms with Crippen molar-refractivity contribution in [3.05, 3.63) is 83.7 Å². The van der Waals surface area contributed by atoms with Gasteiger partial charge in [-0.05, 0) is 59.9 Å². The normalized spacial score (nSPS) is 24.5. The molecule has 0 spiro atoms. The number of amides is 2. The van der Waals surface area contributed by atoms with Crippen molar-refractivity contribution in [2.45, 2.75) is 76.3 Å². The van der Waals surface area contributed by atoms with E-state index in [1.54, 1.807) is 42.5 Å². The Kier molecular flexibility index (Phi) is 8.58. The van der Waals surface area contributed by atoms with Crippen molar-refractivity contribution < 1.29 is 36.3 Å². The van der Waals surface area contributed by atoms with Gasteiger partial charge in [0.15, 0.2) is 5.96 Å².